The Kier molecular flexibility index (Phi) is 8.86. The molecule has 4 saturated carbocycles. The maximum absolute atomic E-state index is 13.0. The molecule has 5 aliphatic carbocycles. The van der Waals surface area contributed by atoms with Crippen LogP contribution in [-0.4, -0.2) is 86.9 Å². The summed E-state index contributed by atoms with van der Waals surface area (Å²) in [4.78, 5) is 25.1. The average molecular weight is 676 g/mol. The number of aliphatic hydroxyl groups excluding tert-OH is 4. The molecule has 0 aromatic heterocycles. The zero-order valence-corrected chi connectivity index (χ0v) is 30.3. The minimum absolute atomic E-state index is 0.0124. The van der Waals surface area contributed by atoms with Gasteiger partial charge in [-0.1, -0.05) is 60.1 Å². The van der Waals surface area contributed by atoms with Crippen molar-refractivity contribution < 1.29 is 44.6 Å². The van der Waals surface area contributed by atoms with E-state index in [1.54, 1.807) is 0 Å². The van der Waals surface area contributed by atoms with Crippen LogP contribution in [0.1, 0.15) is 113 Å². The standard InChI is InChI=1S/C38H61NO9/c1-20(41)39-28-30(44)29(43)23(19-40)47-31(28)48-27-12-13-35(6)24(34(27,4)5)11-14-36(7)25(35)10-9-21-22-17-33(2,3)15-16-38(22,32(45)46)26(42)18-37(21,36)8/h9,22-31,40,42-44H,10-19H2,1-8H3,(H,39,41)(H,45,46)/t22-,23-,24-,25-,26-,27+,28-,29-,30-,31+,35+,36-,37-,38-/m1/s1. The quantitative estimate of drug-likeness (QED) is 0.185. The lowest BCUT2D eigenvalue weighted by Gasteiger charge is -2.71. The van der Waals surface area contributed by atoms with Crippen molar-refractivity contribution in [1.82, 2.24) is 5.32 Å². The maximum Gasteiger partial charge on any atom is 0.312 e. The summed E-state index contributed by atoms with van der Waals surface area (Å²) in [5.74, 6) is -0.798. The van der Waals surface area contributed by atoms with E-state index in [4.69, 9.17) is 9.47 Å². The third-order valence-corrected chi connectivity index (χ3v) is 15.6. The summed E-state index contributed by atoms with van der Waals surface area (Å²) in [7, 11) is 0. The topological polar surface area (TPSA) is 166 Å². The summed E-state index contributed by atoms with van der Waals surface area (Å²) < 4.78 is 12.7. The van der Waals surface area contributed by atoms with Crippen molar-refractivity contribution in [2.45, 2.75) is 156 Å². The van der Waals surface area contributed by atoms with Gasteiger partial charge in [0, 0.05) is 6.92 Å². The summed E-state index contributed by atoms with van der Waals surface area (Å²) >= 11 is 0. The van der Waals surface area contributed by atoms with E-state index in [1.165, 1.54) is 12.5 Å². The third-order valence-electron chi connectivity index (χ3n) is 15.6. The van der Waals surface area contributed by atoms with Crippen molar-refractivity contribution in [1.29, 1.82) is 0 Å². The van der Waals surface area contributed by atoms with Gasteiger partial charge in [0.2, 0.25) is 5.91 Å². The molecule has 1 heterocycles. The Labute approximate surface area is 286 Å². The van der Waals surface area contributed by atoms with Crippen LogP contribution in [0.2, 0.25) is 0 Å². The van der Waals surface area contributed by atoms with E-state index in [0.717, 1.165) is 44.9 Å². The van der Waals surface area contributed by atoms with Crippen LogP contribution in [0.15, 0.2) is 11.6 Å². The highest BCUT2D eigenvalue weighted by Gasteiger charge is 2.71. The van der Waals surface area contributed by atoms with Gasteiger partial charge in [0.1, 0.15) is 29.8 Å². The van der Waals surface area contributed by atoms with Crippen molar-refractivity contribution in [2.75, 3.05) is 6.61 Å². The van der Waals surface area contributed by atoms with Crippen LogP contribution in [0.4, 0.5) is 0 Å². The fourth-order valence-corrected chi connectivity index (χ4v) is 12.7. The van der Waals surface area contributed by atoms with Crippen molar-refractivity contribution >= 4 is 11.9 Å². The van der Waals surface area contributed by atoms with Crippen LogP contribution < -0.4 is 5.32 Å². The van der Waals surface area contributed by atoms with Gasteiger partial charge in [-0.2, -0.15) is 0 Å². The van der Waals surface area contributed by atoms with E-state index in [0.29, 0.717) is 18.8 Å². The molecular formula is C38H61NO9. The summed E-state index contributed by atoms with van der Waals surface area (Å²) in [6.07, 6.45) is 3.42. The van der Waals surface area contributed by atoms with Crippen molar-refractivity contribution in [3.8, 4) is 0 Å². The molecule has 272 valence electrons. The first-order valence-corrected chi connectivity index (χ1v) is 18.4. The Bertz CT molecular complexity index is 1330. The number of aliphatic hydroxyl groups is 4. The number of amides is 1. The Morgan fingerprint density at radius 2 is 1.62 bits per heavy atom. The molecule has 0 bridgehead atoms. The number of hydrogen-bond donors (Lipinski definition) is 6. The van der Waals surface area contributed by atoms with Crippen LogP contribution in [0.5, 0.6) is 0 Å². The van der Waals surface area contributed by atoms with E-state index in [2.05, 4.69) is 59.9 Å². The first-order valence-electron chi connectivity index (χ1n) is 18.4. The molecule has 14 atom stereocenters. The fraction of sp³-hybridized carbons (Fsp3) is 0.895. The van der Waals surface area contributed by atoms with Crippen LogP contribution in [0, 0.1) is 50.2 Å². The van der Waals surface area contributed by atoms with Gasteiger partial charge in [-0.15, -0.1) is 0 Å². The number of fused-ring (bicyclic) bond motifs is 7. The molecule has 1 amide bonds. The molecule has 6 N–H and O–H groups in total. The van der Waals surface area contributed by atoms with E-state index in [1.807, 2.05) is 0 Å². The van der Waals surface area contributed by atoms with E-state index in [-0.39, 0.29) is 50.9 Å². The van der Waals surface area contributed by atoms with Crippen LogP contribution in [0.25, 0.3) is 0 Å². The number of ether oxygens (including phenoxy) is 2. The summed E-state index contributed by atoms with van der Waals surface area (Å²) in [6.45, 7) is 17.0. The second kappa shape index (κ2) is 11.7. The largest absolute Gasteiger partial charge is 0.481 e. The lowest BCUT2D eigenvalue weighted by molar-refractivity contribution is -0.307. The first-order chi connectivity index (χ1) is 22.2. The minimum atomic E-state index is -1.37. The molecule has 0 aromatic rings. The number of allylic oxidation sites excluding steroid dienone is 2. The third kappa shape index (κ3) is 5.01. The lowest BCUT2D eigenvalue weighted by atomic mass is 9.33. The van der Waals surface area contributed by atoms with E-state index in [9.17, 15) is 35.1 Å². The summed E-state index contributed by atoms with van der Waals surface area (Å²) in [6, 6.07) is -0.985. The molecule has 5 fully saturated rings. The number of carboxylic acid groups (broad SMARTS) is 1. The van der Waals surface area contributed by atoms with Gasteiger partial charge >= 0.3 is 5.97 Å². The van der Waals surface area contributed by atoms with Crippen molar-refractivity contribution in [3.63, 3.8) is 0 Å². The molecule has 0 radical (unpaired) electrons. The Balaban J connectivity index is 1.31. The van der Waals surface area contributed by atoms with Crippen molar-refractivity contribution in [2.24, 2.45) is 50.2 Å². The number of hydrogen-bond acceptors (Lipinski definition) is 8. The highest BCUT2D eigenvalue weighted by atomic mass is 16.7. The minimum Gasteiger partial charge on any atom is -0.481 e. The number of carbonyl (C=O) groups is 2. The van der Waals surface area contributed by atoms with Gasteiger partial charge in [-0.05, 0) is 103 Å². The van der Waals surface area contributed by atoms with Gasteiger partial charge < -0.3 is 40.3 Å². The second-order valence-corrected chi connectivity index (χ2v) is 18.7. The monoisotopic (exact) mass is 675 g/mol. The highest BCUT2D eigenvalue weighted by Crippen LogP contribution is 2.76. The molecule has 0 aromatic carbocycles. The Morgan fingerprint density at radius 1 is 0.938 bits per heavy atom. The van der Waals surface area contributed by atoms with Crippen LogP contribution >= 0.6 is 0 Å². The summed E-state index contributed by atoms with van der Waals surface area (Å²) in [5.41, 5.74) is -0.648. The van der Waals surface area contributed by atoms with Gasteiger partial charge in [0.15, 0.2) is 6.29 Å². The Hall–Kier alpha value is -1.56. The fourth-order valence-electron chi connectivity index (χ4n) is 12.7. The zero-order valence-electron chi connectivity index (χ0n) is 30.3. The number of carboxylic acids is 1. The van der Waals surface area contributed by atoms with E-state index < -0.39 is 54.7 Å². The predicted octanol–water partition coefficient (Wildman–Crippen LogP) is 4.17. The highest BCUT2D eigenvalue weighted by molar-refractivity contribution is 5.77. The normalized spacial score (nSPS) is 50.9. The average Bonchev–Trinajstić information content (AvgIpc) is 2.97. The molecule has 10 heteroatoms. The number of aliphatic carboxylic acids is 1. The molecule has 1 aliphatic heterocycles. The molecular weight excluding hydrogens is 614 g/mol. The van der Waals surface area contributed by atoms with E-state index >= 15 is 0 Å². The van der Waals surface area contributed by atoms with Crippen molar-refractivity contribution in [3.05, 3.63) is 11.6 Å². The molecule has 6 rings (SSSR count). The van der Waals surface area contributed by atoms with Gasteiger partial charge in [-0.25, -0.2) is 0 Å². The van der Waals surface area contributed by atoms with Crippen LogP contribution in [0.3, 0.4) is 0 Å². The van der Waals surface area contributed by atoms with Gasteiger partial charge in [-0.3, -0.25) is 9.59 Å². The summed E-state index contributed by atoms with van der Waals surface area (Å²) in [5, 5.41) is 56.6. The number of nitrogens with one attached hydrogen (secondary N) is 1. The molecule has 1 saturated heterocycles. The van der Waals surface area contributed by atoms with Gasteiger partial charge in [0.25, 0.3) is 0 Å². The smallest absolute Gasteiger partial charge is 0.312 e. The molecule has 48 heavy (non-hydrogen) atoms. The Morgan fingerprint density at radius 3 is 2.25 bits per heavy atom. The second-order valence-electron chi connectivity index (χ2n) is 18.7. The molecule has 0 unspecified atom stereocenters. The predicted molar refractivity (Wildman–Crippen MR) is 178 cm³/mol. The lowest BCUT2D eigenvalue weighted by Crippen LogP contribution is -2.68. The molecule has 6 aliphatic rings. The zero-order chi connectivity index (χ0) is 35.4. The molecule has 10 nitrogen and oxygen atoms in total. The molecule has 0 spiro atoms. The van der Waals surface area contributed by atoms with Crippen LogP contribution in [-0.2, 0) is 19.1 Å². The van der Waals surface area contributed by atoms with Gasteiger partial charge in [0.05, 0.1) is 18.8 Å². The number of carbonyl (C=O) groups excluding carboxylic acids is 1. The SMILES string of the molecule is CC(=O)N[C@H]1[C@H](O[C@H]2CC[C@@]3(C)[C@H](CC[C@]4(C)[C@@H]3CC=C3[C@H]5CC(C)(C)CC[C@]5(C(=O)O)[C@H](O)C[C@]34C)C2(C)C)O[C@H](CO)[C@@H](O)[C@@H]1O. The first kappa shape index (κ1) is 36.2. The number of rotatable bonds is 5. The maximum atomic E-state index is 13.0.